The maximum Gasteiger partial charge on any atom is 0.350 e. The van der Waals surface area contributed by atoms with E-state index in [4.69, 9.17) is 9.47 Å². The summed E-state index contributed by atoms with van der Waals surface area (Å²) in [6.07, 6.45) is 4.68. The van der Waals surface area contributed by atoms with Crippen molar-refractivity contribution >= 4 is 40.6 Å². The lowest BCUT2D eigenvalue weighted by molar-refractivity contribution is -0.919. The number of nitrogens with one attached hydrogen (secondary N) is 2. The number of aromatic nitrogens is 2. The van der Waals surface area contributed by atoms with Crippen molar-refractivity contribution in [1.29, 1.82) is 0 Å². The molecule has 2 aromatic rings. The largest absolute Gasteiger partial charge is 0.480 e. The summed E-state index contributed by atoms with van der Waals surface area (Å²) in [5.41, 5.74) is 1.41. The fourth-order valence-electron chi connectivity index (χ4n) is 4.01. The SMILES string of the molecule is COC(=O)c1scc(C)c1NC(=O)C[N+]1(CC(=O)Nc2cncc(OC)n2)CCC(C)(C)CC1. The third-order valence-corrected chi connectivity index (χ3v) is 7.26. The normalized spacial score (nSPS) is 16.4. The number of amides is 2. The molecule has 11 heteroatoms. The number of likely N-dealkylation sites (tertiary alicyclic amines) is 1. The van der Waals surface area contributed by atoms with Crippen molar-refractivity contribution in [3.63, 3.8) is 0 Å². The molecule has 1 aliphatic heterocycles. The van der Waals surface area contributed by atoms with Gasteiger partial charge in [0.1, 0.15) is 4.88 Å². The van der Waals surface area contributed by atoms with Crippen LogP contribution in [0.15, 0.2) is 17.8 Å². The summed E-state index contributed by atoms with van der Waals surface area (Å²) in [6.45, 7) is 7.83. The van der Waals surface area contributed by atoms with Gasteiger partial charge in [0.2, 0.25) is 5.88 Å². The number of ether oxygens (including phenoxy) is 2. The van der Waals surface area contributed by atoms with E-state index in [-0.39, 0.29) is 30.3 Å². The minimum Gasteiger partial charge on any atom is -0.480 e. The van der Waals surface area contributed by atoms with E-state index >= 15 is 0 Å². The van der Waals surface area contributed by atoms with Crippen LogP contribution in [-0.4, -0.2) is 72.6 Å². The predicted molar refractivity (Wildman–Crippen MR) is 129 cm³/mol. The Balaban J connectivity index is 1.75. The van der Waals surface area contributed by atoms with Gasteiger partial charge < -0.3 is 24.6 Å². The molecule has 0 saturated carbocycles. The summed E-state index contributed by atoms with van der Waals surface area (Å²) in [6, 6.07) is 0. The summed E-state index contributed by atoms with van der Waals surface area (Å²) >= 11 is 1.23. The number of aryl methyl sites for hydroxylation is 1. The van der Waals surface area contributed by atoms with Crippen LogP contribution in [0.4, 0.5) is 11.5 Å². The maximum atomic E-state index is 13.1. The topological polar surface area (TPSA) is 120 Å². The first-order valence-corrected chi connectivity index (χ1v) is 11.9. The molecule has 34 heavy (non-hydrogen) atoms. The minimum atomic E-state index is -0.490. The molecule has 0 spiro atoms. The van der Waals surface area contributed by atoms with Gasteiger partial charge in [-0.25, -0.2) is 4.79 Å². The van der Waals surface area contributed by atoms with Crippen LogP contribution in [0.3, 0.4) is 0 Å². The van der Waals surface area contributed by atoms with Gasteiger partial charge in [0.25, 0.3) is 11.8 Å². The van der Waals surface area contributed by atoms with Crippen molar-refractivity contribution in [2.75, 3.05) is 51.0 Å². The van der Waals surface area contributed by atoms with Gasteiger partial charge in [-0.1, -0.05) is 13.8 Å². The summed E-state index contributed by atoms with van der Waals surface area (Å²) in [5.74, 6) is -0.401. The van der Waals surface area contributed by atoms with E-state index in [0.717, 1.165) is 18.4 Å². The Morgan fingerprint density at radius 2 is 1.74 bits per heavy atom. The summed E-state index contributed by atoms with van der Waals surface area (Å²) in [7, 11) is 2.79. The average Bonchev–Trinajstić information content (AvgIpc) is 3.15. The van der Waals surface area contributed by atoms with E-state index in [2.05, 4.69) is 34.4 Å². The van der Waals surface area contributed by atoms with Crippen LogP contribution in [0, 0.1) is 12.3 Å². The number of carbonyl (C=O) groups is 3. The lowest BCUT2D eigenvalue weighted by atomic mass is 9.81. The van der Waals surface area contributed by atoms with Gasteiger partial charge in [-0.15, -0.1) is 11.3 Å². The molecule has 1 fully saturated rings. The number of esters is 1. The Morgan fingerprint density at radius 3 is 2.35 bits per heavy atom. The summed E-state index contributed by atoms with van der Waals surface area (Å²) in [4.78, 5) is 46.7. The van der Waals surface area contributed by atoms with Gasteiger partial charge in [0, 0.05) is 12.8 Å². The number of piperidine rings is 1. The first kappa shape index (κ1) is 25.6. The first-order valence-electron chi connectivity index (χ1n) is 11.0. The molecule has 2 amide bonds. The van der Waals surface area contributed by atoms with Crippen molar-refractivity contribution in [3.8, 4) is 5.88 Å². The Labute approximate surface area is 203 Å². The van der Waals surface area contributed by atoms with Gasteiger partial charge in [-0.3, -0.25) is 14.6 Å². The standard InChI is InChI=1S/C23H31N5O5S/c1-15-14-34-21(22(31)33-5)20(15)27-18(30)13-28(8-6-23(2,3)7-9-28)12-17(29)25-16-10-24-11-19(26-16)32-4/h10-11,14H,6-9,12-13H2,1-5H3,(H-,25,26,27,29,30,31)/p+1. The Bertz CT molecular complexity index is 1060. The monoisotopic (exact) mass is 490 g/mol. The van der Waals surface area contributed by atoms with Crippen molar-refractivity contribution in [2.24, 2.45) is 5.41 Å². The third kappa shape index (κ3) is 6.29. The van der Waals surface area contributed by atoms with E-state index in [0.29, 0.717) is 39.8 Å². The number of nitrogens with zero attached hydrogens (tertiary/aromatic N) is 3. The molecule has 1 saturated heterocycles. The van der Waals surface area contributed by atoms with Crippen molar-refractivity contribution in [1.82, 2.24) is 9.97 Å². The molecule has 3 heterocycles. The highest BCUT2D eigenvalue weighted by atomic mass is 32.1. The molecule has 0 atom stereocenters. The van der Waals surface area contributed by atoms with Crippen molar-refractivity contribution in [3.05, 3.63) is 28.2 Å². The average molecular weight is 491 g/mol. The molecule has 0 aliphatic carbocycles. The fraction of sp³-hybridized carbons (Fsp3) is 0.522. The molecular weight excluding hydrogens is 458 g/mol. The second-order valence-corrected chi connectivity index (χ2v) is 10.3. The second kappa shape index (κ2) is 10.5. The number of rotatable bonds is 8. The Morgan fingerprint density at radius 1 is 1.09 bits per heavy atom. The van der Waals surface area contributed by atoms with Crippen molar-refractivity contribution in [2.45, 2.75) is 33.6 Å². The smallest absolute Gasteiger partial charge is 0.350 e. The minimum absolute atomic E-state index is 0.114. The lowest BCUT2D eigenvalue weighted by Crippen LogP contribution is -2.60. The third-order valence-electron chi connectivity index (χ3n) is 6.18. The molecular formula is C23H32N5O5S+. The van der Waals surface area contributed by atoms with E-state index < -0.39 is 5.97 Å². The molecule has 10 nitrogen and oxygen atoms in total. The highest BCUT2D eigenvalue weighted by molar-refractivity contribution is 7.12. The van der Waals surface area contributed by atoms with Crippen LogP contribution in [0.25, 0.3) is 0 Å². The van der Waals surface area contributed by atoms with E-state index in [1.165, 1.54) is 38.0 Å². The van der Waals surface area contributed by atoms with Crippen LogP contribution in [0.1, 0.15) is 41.9 Å². The zero-order valence-electron chi connectivity index (χ0n) is 20.3. The quantitative estimate of drug-likeness (QED) is 0.431. The van der Waals surface area contributed by atoms with Gasteiger partial charge in [-0.2, -0.15) is 4.98 Å². The van der Waals surface area contributed by atoms with Gasteiger partial charge in [-0.05, 0) is 23.3 Å². The molecule has 0 aromatic carbocycles. The zero-order valence-corrected chi connectivity index (χ0v) is 21.1. The van der Waals surface area contributed by atoms with E-state index in [9.17, 15) is 14.4 Å². The van der Waals surface area contributed by atoms with Crippen LogP contribution in [-0.2, 0) is 14.3 Å². The molecule has 0 bridgehead atoms. The van der Waals surface area contributed by atoms with E-state index in [1.54, 1.807) is 5.38 Å². The van der Waals surface area contributed by atoms with Crippen LogP contribution in [0.5, 0.6) is 5.88 Å². The summed E-state index contributed by atoms with van der Waals surface area (Å²) in [5, 5.41) is 7.46. The summed E-state index contributed by atoms with van der Waals surface area (Å²) < 4.78 is 10.2. The number of carbonyl (C=O) groups excluding carboxylic acids is 3. The molecule has 3 rings (SSSR count). The maximum absolute atomic E-state index is 13.1. The van der Waals surface area contributed by atoms with Crippen LogP contribution < -0.4 is 15.4 Å². The first-order chi connectivity index (χ1) is 16.1. The molecule has 0 radical (unpaired) electrons. The molecule has 2 N–H and O–H groups in total. The Hall–Kier alpha value is -3.05. The number of methoxy groups -OCH3 is 2. The molecule has 2 aromatic heterocycles. The van der Waals surface area contributed by atoms with Gasteiger partial charge in [0.15, 0.2) is 18.9 Å². The predicted octanol–water partition coefficient (Wildman–Crippen LogP) is 2.86. The van der Waals surface area contributed by atoms with E-state index in [1.807, 2.05) is 6.92 Å². The fourth-order valence-corrected chi connectivity index (χ4v) is 4.93. The number of quaternary nitrogens is 1. The highest BCUT2D eigenvalue weighted by Gasteiger charge is 2.41. The second-order valence-electron chi connectivity index (χ2n) is 9.43. The number of thiophene rings is 1. The molecule has 1 aliphatic rings. The van der Waals surface area contributed by atoms with Gasteiger partial charge in [0.05, 0.1) is 45.4 Å². The zero-order chi connectivity index (χ0) is 24.9. The van der Waals surface area contributed by atoms with Crippen LogP contribution >= 0.6 is 11.3 Å². The molecule has 0 unspecified atom stereocenters. The highest BCUT2D eigenvalue weighted by Crippen LogP contribution is 2.34. The molecule has 184 valence electrons. The van der Waals surface area contributed by atoms with Crippen molar-refractivity contribution < 1.29 is 28.3 Å². The number of hydrogen-bond acceptors (Lipinski definition) is 8. The lowest BCUT2D eigenvalue weighted by Gasteiger charge is -2.45. The number of hydrogen-bond donors (Lipinski definition) is 2. The number of anilines is 2. The van der Waals surface area contributed by atoms with Crippen LogP contribution in [0.2, 0.25) is 0 Å². The Kier molecular flexibility index (Phi) is 7.88. The van der Waals surface area contributed by atoms with Gasteiger partial charge >= 0.3 is 5.97 Å².